The molecule has 2 heterocycles. The zero-order valence-corrected chi connectivity index (χ0v) is 21.8. The van der Waals surface area contributed by atoms with E-state index in [-0.39, 0.29) is 6.71 Å². The van der Waals surface area contributed by atoms with E-state index in [4.69, 9.17) is 0 Å². The molecule has 0 saturated carbocycles. The second kappa shape index (κ2) is 8.14. The molecule has 0 aromatic heterocycles. The van der Waals surface area contributed by atoms with E-state index in [0.29, 0.717) is 0 Å². The maximum Gasteiger partial charge on any atom is 0.252 e. The lowest BCUT2D eigenvalue weighted by molar-refractivity contribution is 1.24. The van der Waals surface area contributed by atoms with E-state index < -0.39 is 0 Å². The molecule has 3 heteroatoms. The lowest BCUT2D eigenvalue weighted by Crippen LogP contribution is -2.61. The smallest absolute Gasteiger partial charge is 0.252 e. The Morgan fingerprint density at radius 3 is 1.27 bits per heavy atom. The van der Waals surface area contributed by atoms with Crippen LogP contribution in [0, 0.1) is 27.7 Å². The van der Waals surface area contributed by atoms with Gasteiger partial charge >= 0.3 is 0 Å². The molecule has 7 rings (SSSR count). The Labute approximate surface area is 219 Å². The fourth-order valence-electron chi connectivity index (χ4n) is 6.13. The third-order valence-corrected chi connectivity index (χ3v) is 7.88. The Morgan fingerprint density at radius 1 is 0.432 bits per heavy atom. The molecular formula is C34H29BN2. The summed E-state index contributed by atoms with van der Waals surface area (Å²) in [7, 11) is 0. The number of nitrogens with zero attached hydrogens (tertiary/aromatic N) is 2. The maximum absolute atomic E-state index is 2.46. The molecule has 2 aliphatic heterocycles. The quantitative estimate of drug-likeness (QED) is 0.248. The van der Waals surface area contributed by atoms with Crippen molar-refractivity contribution in [1.82, 2.24) is 0 Å². The van der Waals surface area contributed by atoms with Crippen molar-refractivity contribution in [2.75, 3.05) is 9.80 Å². The van der Waals surface area contributed by atoms with Gasteiger partial charge in [-0.3, -0.25) is 0 Å². The molecule has 0 bridgehead atoms. The van der Waals surface area contributed by atoms with Crippen LogP contribution in [0.1, 0.15) is 22.3 Å². The molecule has 37 heavy (non-hydrogen) atoms. The van der Waals surface area contributed by atoms with E-state index in [1.54, 1.807) is 0 Å². The van der Waals surface area contributed by atoms with Gasteiger partial charge in [-0.2, -0.15) is 0 Å². The van der Waals surface area contributed by atoms with E-state index in [0.717, 1.165) is 0 Å². The number of benzene rings is 5. The third-order valence-electron chi connectivity index (χ3n) is 7.88. The van der Waals surface area contributed by atoms with Crippen molar-refractivity contribution in [3.05, 3.63) is 125 Å². The van der Waals surface area contributed by atoms with Crippen molar-refractivity contribution < 1.29 is 0 Å². The predicted octanol–water partition coefficient (Wildman–Crippen LogP) is 7.00. The summed E-state index contributed by atoms with van der Waals surface area (Å²) in [5, 5.41) is 0. The average Bonchev–Trinajstić information content (AvgIpc) is 2.90. The number of rotatable bonds is 2. The first-order valence-corrected chi connectivity index (χ1v) is 13.1. The lowest BCUT2D eigenvalue weighted by Gasteiger charge is -2.44. The van der Waals surface area contributed by atoms with Gasteiger partial charge in [-0.05, 0) is 92.6 Å². The molecule has 0 aliphatic carbocycles. The molecule has 0 N–H and O–H groups in total. The van der Waals surface area contributed by atoms with E-state index >= 15 is 0 Å². The van der Waals surface area contributed by atoms with Gasteiger partial charge in [0.25, 0.3) is 6.71 Å². The van der Waals surface area contributed by atoms with Crippen molar-refractivity contribution in [3.63, 3.8) is 0 Å². The molecule has 0 spiro atoms. The first kappa shape index (κ1) is 22.0. The number of hydrogen-bond donors (Lipinski definition) is 0. The van der Waals surface area contributed by atoms with Crippen LogP contribution in [-0.4, -0.2) is 6.71 Å². The van der Waals surface area contributed by atoms with Crippen LogP contribution in [0.2, 0.25) is 0 Å². The summed E-state index contributed by atoms with van der Waals surface area (Å²) in [6.07, 6.45) is 0. The van der Waals surface area contributed by atoms with Crippen molar-refractivity contribution in [3.8, 4) is 0 Å². The third kappa shape index (κ3) is 3.34. The van der Waals surface area contributed by atoms with Crippen molar-refractivity contribution in [2.45, 2.75) is 27.7 Å². The van der Waals surface area contributed by atoms with Gasteiger partial charge in [-0.25, -0.2) is 0 Å². The molecule has 2 aliphatic rings. The highest BCUT2D eigenvalue weighted by Gasteiger charge is 2.42. The second-order valence-corrected chi connectivity index (χ2v) is 10.6. The number of aryl methyl sites for hydroxylation is 4. The first-order chi connectivity index (χ1) is 18.0. The minimum absolute atomic E-state index is 0.180. The molecule has 0 fully saturated rings. The molecule has 178 valence electrons. The average molecular weight is 476 g/mol. The van der Waals surface area contributed by atoms with Crippen LogP contribution < -0.4 is 26.2 Å². The van der Waals surface area contributed by atoms with Crippen LogP contribution in [0.3, 0.4) is 0 Å². The van der Waals surface area contributed by atoms with Gasteiger partial charge in [0.05, 0.1) is 0 Å². The van der Waals surface area contributed by atoms with Crippen molar-refractivity contribution >= 4 is 57.2 Å². The highest BCUT2D eigenvalue weighted by Crippen LogP contribution is 2.43. The van der Waals surface area contributed by atoms with Gasteiger partial charge in [-0.1, -0.05) is 76.9 Å². The largest absolute Gasteiger partial charge is 0.311 e. The Bertz CT molecular complexity index is 1550. The minimum Gasteiger partial charge on any atom is -0.311 e. The van der Waals surface area contributed by atoms with E-state index in [1.807, 2.05) is 0 Å². The van der Waals surface area contributed by atoms with E-state index in [1.165, 1.54) is 72.8 Å². The molecular weight excluding hydrogens is 447 g/mol. The number of fused-ring (bicyclic) bond motifs is 4. The number of hydrogen-bond acceptors (Lipinski definition) is 2. The van der Waals surface area contributed by atoms with Gasteiger partial charge in [0.1, 0.15) is 0 Å². The van der Waals surface area contributed by atoms with Gasteiger partial charge < -0.3 is 9.80 Å². The Hall–Kier alpha value is -4.24. The first-order valence-electron chi connectivity index (χ1n) is 13.1. The van der Waals surface area contributed by atoms with Crippen LogP contribution in [0.25, 0.3) is 0 Å². The predicted molar refractivity (Wildman–Crippen MR) is 159 cm³/mol. The van der Waals surface area contributed by atoms with Gasteiger partial charge in [0.15, 0.2) is 0 Å². The number of anilines is 6. The monoisotopic (exact) mass is 476 g/mol. The summed E-state index contributed by atoms with van der Waals surface area (Å²) < 4.78 is 0. The zero-order chi connectivity index (χ0) is 25.3. The SMILES string of the molecule is Cc1ccc(N2c3ccc(C)cc3B3c4cc(C)ccc4N(c4ccc(C)cc4)c4cccc2c43)cc1. The van der Waals surface area contributed by atoms with Crippen molar-refractivity contribution in [1.29, 1.82) is 0 Å². The molecule has 0 unspecified atom stereocenters. The molecule has 0 radical (unpaired) electrons. The molecule has 0 amide bonds. The standard InChI is InChI=1S/C34H29BN2/c1-22-8-14-26(15-9-22)36-30-18-12-24(3)20-28(30)35-29-21-25(4)13-19-31(29)37(27-16-10-23(2)11-17-27)33-7-5-6-32(36)34(33)35/h5-21H,1-4H3. The van der Waals surface area contributed by atoms with Gasteiger partial charge in [-0.15, -0.1) is 0 Å². The zero-order valence-electron chi connectivity index (χ0n) is 21.8. The highest BCUT2D eigenvalue weighted by atomic mass is 15.2. The minimum atomic E-state index is 0.180. The Morgan fingerprint density at radius 2 is 0.838 bits per heavy atom. The van der Waals surface area contributed by atoms with Crippen LogP contribution in [0.5, 0.6) is 0 Å². The fourth-order valence-corrected chi connectivity index (χ4v) is 6.13. The maximum atomic E-state index is 2.46. The molecule has 5 aromatic rings. The molecule has 2 nitrogen and oxygen atoms in total. The van der Waals surface area contributed by atoms with Crippen LogP contribution >= 0.6 is 0 Å². The van der Waals surface area contributed by atoms with Gasteiger partial charge in [0.2, 0.25) is 0 Å². The lowest BCUT2D eigenvalue weighted by atomic mass is 9.33. The second-order valence-electron chi connectivity index (χ2n) is 10.6. The van der Waals surface area contributed by atoms with Gasteiger partial charge in [0, 0.05) is 34.1 Å². The molecule has 0 atom stereocenters. The van der Waals surface area contributed by atoms with Crippen LogP contribution in [0.4, 0.5) is 34.1 Å². The summed E-state index contributed by atoms with van der Waals surface area (Å²) in [6.45, 7) is 8.89. The topological polar surface area (TPSA) is 6.48 Å². The molecule has 5 aromatic carbocycles. The van der Waals surface area contributed by atoms with Crippen molar-refractivity contribution in [2.24, 2.45) is 0 Å². The van der Waals surface area contributed by atoms with E-state index in [9.17, 15) is 0 Å². The molecule has 0 saturated heterocycles. The Balaban J connectivity index is 1.57. The highest BCUT2D eigenvalue weighted by molar-refractivity contribution is 7.00. The summed E-state index contributed by atoms with van der Waals surface area (Å²) in [5.41, 5.74) is 16.7. The Kier molecular flexibility index (Phi) is 4.84. The summed E-state index contributed by atoms with van der Waals surface area (Å²) in [4.78, 5) is 4.91. The summed E-state index contributed by atoms with van der Waals surface area (Å²) >= 11 is 0. The van der Waals surface area contributed by atoms with Crippen LogP contribution in [-0.2, 0) is 0 Å². The normalized spacial score (nSPS) is 13.2. The summed E-state index contributed by atoms with van der Waals surface area (Å²) in [6, 6.07) is 38.5. The fraction of sp³-hybridized carbons (Fsp3) is 0.118. The van der Waals surface area contributed by atoms with E-state index in [2.05, 4.69) is 141 Å². The summed E-state index contributed by atoms with van der Waals surface area (Å²) in [5.74, 6) is 0. The van der Waals surface area contributed by atoms with Crippen LogP contribution in [0.15, 0.2) is 103 Å².